The van der Waals surface area contributed by atoms with E-state index in [4.69, 9.17) is 9.26 Å². The van der Waals surface area contributed by atoms with Crippen molar-refractivity contribution in [1.82, 2.24) is 15.1 Å². The molecule has 2 heterocycles. The predicted octanol–water partition coefficient (Wildman–Crippen LogP) is 5.07. The number of hydrogen-bond acceptors (Lipinski definition) is 6. The molecule has 29 heavy (non-hydrogen) atoms. The number of benzene rings is 2. The van der Waals surface area contributed by atoms with Gasteiger partial charge in [0.05, 0.1) is 5.39 Å². The SMILES string of the molecule is Cc1cc(-c2ccc(OC(F)(F)F)cc2)cc2c(OCc3ncccn3)noc12. The van der Waals surface area contributed by atoms with Gasteiger partial charge in [-0.3, -0.25) is 0 Å². The number of alkyl halides is 3. The van der Waals surface area contributed by atoms with Crippen molar-refractivity contribution in [2.45, 2.75) is 19.9 Å². The van der Waals surface area contributed by atoms with Gasteiger partial charge in [-0.15, -0.1) is 13.2 Å². The molecule has 148 valence electrons. The zero-order chi connectivity index (χ0) is 20.4. The largest absolute Gasteiger partial charge is 0.573 e. The quantitative estimate of drug-likeness (QED) is 0.465. The Balaban J connectivity index is 1.62. The van der Waals surface area contributed by atoms with Crippen molar-refractivity contribution in [3.63, 3.8) is 0 Å². The Morgan fingerprint density at radius 3 is 2.41 bits per heavy atom. The number of halogens is 3. The Bertz CT molecular complexity index is 1130. The zero-order valence-electron chi connectivity index (χ0n) is 15.1. The maximum Gasteiger partial charge on any atom is 0.573 e. The van der Waals surface area contributed by atoms with Crippen LogP contribution < -0.4 is 9.47 Å². The smallest absolute Gasteiger partial charge is 0.467 e. The summed E-state index contributed by atoms with van der Waals surface area (Å²) in [6, 6.07) is 11.0. The molecule has 0 amide bonds. The van der Waals surface area contributed by atoms with Gasteiger partial charge in [-0.1, -0.05) is 12.1 Å². The van der Waals surface area contributed by atoms with Crippen LogP contribution in [0.25, 0.3) is 22.1 Å². The number of ether oxygens (including phenoxy) is 2. The minimum absolute atomic E-state index is 0.120. The fraction of sp³-hybridized carbons (Fsp3) is 0.150. The van der Waals surface area contributed by atoms with Gasteiger partial charge >= 0.3 is 6.36 Å². The topological polar surface area (TPSA) is 70.3 Å². The van der Waals surface area contributed by atoms with Gasteiger partial charge in [0.2, 0.25) is 0 Å². The molecule has 9 heteroatoms. The molecular weight excluding hydrogens is 387 g/mol. The summed E-state index contributed by atoms with van der Waals surface area (Å²) in [6.07, 6.45) is -1.50. The van der Waals surface area contributed by atoms with E-state index in [1.165, 1.54) is 12.1 Å². The van der Waals surface area contributed by atoms with E-state index in [2.05, 4.69) is 19.9 Å². The fourth-order valence-corrected chi connectivity index (χ4v) is 2.85. The van der Waals surface area contributed by atoms with Gasteiger partial charge in [0, 0.05) is 12.4 Å². The molecule has 4 aromatic rings. The van der Waals surface area contributed by atoms with Crippen molar-refractivity contribution in [2.75, 3.05) is 0 Å². The Morgan fingerprint density at radius 1 is 1.00 bits per heavy atom. The molecule has 6 nitrogen and oxygen atoms in total. The molecule has 0 fully saturated rings. The average molecular weight is 401 g/mol. The minimum Gasteiger partial charge on any atom is -0.467 e. The molecule has 0 aliphatic heterocycles. The highest BCUT2D eigenvalue weighted by Gasteiger charge is 2.31. The van der Waals surface area contributed by atoms with Gasteiger partial charge in [0.15, 0.2) is 11.4 Å². The van der Waals surface area contributed by atoms with Crippen LogP contribution in [0.1, 0.15) is 11.4 Å². The van der Waals surface area contributed by atoms with Crippen molar-refractivity contribution in [3.05, 3.63) is 66.2 Å². The third kappa shape index (κ3) is 4.29. The van der Waals surface area contributed by atoms with Crippen molar-refractivity contribution >= 4 is 11.0 Å². The normalized spacial score (nSPS) is 11.6. The lowest BCUT2D eigenvalue weighted by Gasteiger charge is -2.10. The molecule has 0 radical (unpaired) electrons. The average Bonchev–Trinajstić information content (AvgIpc) is 3.10. The summed E-state index contributed by atoms with van der Waals surface area (Å²) in [5, 5.41) is 4.61. The van der Waals surface area contributed by atoms with Gasteiger partial charge in [-0.2, -0.15) is 0 Å². The zero-order valence-corrected chi connectivity index (χ0v) is 15.1. The first-order valence-electron chi connectivity index (χ1n) is 8.54. The van der Waals surface area contributed by atoms with Crippen molar-refractivity contribution in [1.29, 1.82) is 0 Å². The van der Waals surface area contributed by atoms with E-state index in [1.807, 2.05) is 13.0 Å². The van der Waals surface area contributed by atoms with Crippen molar-refractivity contribution in [3.8, 4) is 22.8 Å². The summed E-state index contributed by atoms with van der Waals surface area (Å²) in [7, 11) is 0. The molecule has 0 aliphatic carbocycles. The maximum atomic E-state index is 12.3. The summed E-state index contributed by atoms with van der Waals surface area (Å²) >= 11 is 0. The van der Waals surface area contributed by atoms with Crippen LogP contribution in [-0.2, 0) is 6.61 Å². The van der Waals surface area contributed by atoms with Crippen LogP contribution in [0, 0.1) is 6.92 Å². The number of nitrogens with zero attached hydrogens (tertiary/aromatic N) is 3. The van der Waals surface area contributed by atoms with E-state index < -0.39 is 6.36 Å². The van der Waals surface area contributed by atoms with Crippen molar-refractivity contribution in [2.24, 2.45) is 0 Å². The molecule has 0 N–H and O–H groups in total. The molecule has 2 aromatic heterocycles. The predicted molar refractivity (Wildman–Crippen MR) is 97.2 cm³/mol. The summed E-state index contributed by atoms with van der Waals surface area (Å²) in [6.45, 7) is 1.97. The van der Waals surface area contributed by atoms with Crippen molar-refractivity contribution < 1.29 is 27.2 Å². The summed E-state index contributed by atoms with van der Waals surface area (Å²) in [4.78, 5) is 8.18. The van der Waals surface area contributed by atoms with E-state index in [-0.39, 0.29) is 18.2 Å². The fourth-order valence-electron chi connectivity index (χ4n) is 2.85. The van der Waals surface area contributed by atoms with Crippen LogP contribution in [0.2, 0.25) is 0 Å². The maximum absolute atomic E-state index is 12.3. The van der Waals surface area contributed by atoms with Crippen LogP contribution in [0.5, 0.6) is 11.6 Å². The van der Waals surface area contributed by atoms with E-state index in [0.29, 0.717) is 22.4 Å². The second-order valence-corrected chi connectivity index (χ2v) is 6.18. The van der Waals surface area contributed by atoms with Crippen LogP contribution in [0.15, 0.2) is 59.4 Å². The number of aromatic nitrogens is 3. The first-order valence-corrected chi connectivity index (χ1v) is 8.54. The van der Waals surface area contributed by atoms with Crippen LogP contribution in [0.3, 0.4) is 0 Å². The number of fused-ring (bicyclic) bond motifs is 1. The van der Waals surface area contributed by atoms with E-state index in [9.17, 15) is 13.2 Å². The van der Waals surface area contributed by atoms with Crippen LogP contribution in [-0.4, -0.2) is 21.5 Å². The standard InChI is InChI=1S/C20H14F3N3O3/c1-12-9-14(13-3-5-15(6-4-13)28-20(21,22)23)10-16-18(12)29-26-19(16)27-11-17-24-7-2-8-25-17/h2-10H,11H2,1H3. The number of hydrogen-bond donors (Lipinski definition) is 0. The minimum atomic E-state index is -4.73. The highest BCUT2D eigenvalue weighted by Crippen LogP contribution is 2.34. The summed E-state index contributed by atoms with van der Waals surface area (Å²) < 4.78 is 52.0. The van der Waals surface area contributed by atoms with E-state index in [1.54, 1.807) is 36.7 Å². The molecule has 0 unspecified atom stereocenters. The Kier molecular flexibility index (Phi) is 4.79. The molecule has 2 aromatic carbocycles. The highest BCUT2D eigenvalue weighted by atomic mass is 19.4. The lowest BCUT2D eigenvalue weighted by Crippen LogP contribution is -2.16. The lowest BCUT2D eigenvalue weighted by atomic mass is 10.0. The molecular formula is C20H14F3N3O3. The molecule has 4 rings (SSSR count). The first-order chi connectivity index (χ1) is 13.9. The molecule has 0 atom stereocenters. The van der Waals surface area contributed by atoms with E-state index >= 15 is 0 Å². The highest BCUT2D eigenvalue weighted by molar-refractivity contribution is 5.89. The lowest BCUT2D eigenvalue weighted by molar-refractivity contribution is -0.274. The molecule has 0 bridgehead atoms. The van der Waals surface area contributed by atoms with Gasteiger partial charge < -0.3 is 14.0 Å². The number of rotatable bonds is 5. The van der Waals surface area contributed by atoms with Gasteiger partial charge in [-0.25, -0.2) is 9.97 Å². The summed E-state index contributed by atoms with van der Waals surface area (Å²) in [5.41, 5.74) is 2.86. The van der Waals surface area contributed by atoms with Gasteiger partial charge in [0.1, 0.15) is 12.4 Å². The van der Waals surface area contributed by atoms with E-state index in [0.717, 1.165) is 11.1 Å². The molecule has 0 saturated carbocycles. The number of aryl methyl sites for hydroxylation is 1. The van der Waals surface area contributed by atoms with Gasteiger partial charge in [-0.05, 0) is 59.1 Å². The summed E-state index contributed by atoms with van der Waals surface area (Å²) in [5.74, 6) is 0.502. The van der Waals surface area contributed by atoms with Crippen LogP contribution >= 0.6 is 0 Å². The molecule has 0 aliphatic rings. The third-order valence-electron chi connectivity index (χ3n) is 4.10. The molecule has 0 saturated heterocycles. The monoisotopic (exact) mass is 401 g/mol. The second kappa shape index (κ2) is 7.42. The Hall–Kier alpha value is -3.62. The third-order valence-corrected chi connectivity index (χ3v) is 4.10. The van der Waals surface area contributed by atoms with Gasteiger partial charge in [0.25, 0.3) is 5.88 Å². The Labute approximate surface area is 162 Å². The van der Waals surface area contributed by atoms with Crippen LogP contribution in [0.4, 0.5) is 13.2 Å². The Morgan fingerprint density at radius 2 is 1.72 bits per heavy atom. The molecule has 0 spiro atoms. The second-order valence-electron chi connectivity index (χ2n) is 6.18. The first kappa shape index (κ1) is 18.7.